The molecule has 0 amide bonds. The lowest BCUT2D eigenvalue weighted by Crippen LogP contribution is -2.46. The molecule has 2 N–H and O–H groups in total. The summed E-state index contributed by atoms with van der Waals surface area (Å²) >= 11 is 0. The van der Waals surface area contributed by atoms with E-state index >= 15 is 0 Å². The van der Waals surface area contributed by atoms with Crippen molar-refractivity contribution >= 4 is 5.97 Å². The average Bonchev–Trinajstić information content (AvgIpc) is 2.87. The van der Waals surface area contributed by atoms with Crippen molar-refractivity contribution in [2.45, 2.75) is 12.8 Å². The first-order valence-corrected chi connectivity index (χ1v) is 4.89. The lowest BCUT2D eigenvalue weighted by molar-refractivity contribution is -0.144. The molecule has 74 valence electrons. The van der Waals surface area contributed by atoms with E-state index in [9.17, 15) is 4.79 Å². The van der Waals surface area contributed by atoms with Crippen LogP contribution in [0.15, 0.2) is 0 Å². The Kier molecular flexibility index (Phi) is 2.26. The molecule has 4 heteroatoms. The van der Waals surface area contributed by atoms with Crippen LogP contribution in [-0.2, 0) is 4.79 Å². The lowest BCUT2D eigenvalue weighted by atomic mass is 10.1. The molecular formula is C9H16N2O2. The number of piperazine rings is 1. The molecule has 0 aromatic heterocycles. The summed E-state index contributed by atoms with van der Waals surface area (Å²) in [4.78, 5) is 13.2. The van der Waals surface area contributed by atoms with Crippen LogP contribution in [0.5, 0.6) is 0 Å². The van der Waals surface area contributed by atoms with E-state index in [4.69, 9.17) is 5.11 Å². The van der Waals surface area contributed by atoms with E-state index in [0.29, 0.717) is 0 Å². The Hall–Kier alpha value is -0.610. The zero-order valence-corrected chi connectivity index (χ0v) is 7.75. The van der Waals surface area contributed by atoms with Gasteiger partial charge in [0.05, 0.1) is 5.41 Å². The number of hydrogen-bond donors (Lipinski definition) is 2. The van der Waals surface area contributed by atoms with Gasteiger partial charge in [0.25, 0.3) is 0 Å². The van der Waals surface area contributed by atoms with Crippen molar-refractivity contribution in [3.8, 4) is 0 Å². The maximum Gasteiger partial charge on any atom is 0.310 e. The fourth-order valence-corrected chi connectivity index (χ4v) is 1.89. The second-order valence-corrected chi connectivity index (χ2v) is 4.11. The summed E-state index contributed by atoms with van der Waals surface area (Å²) in [5.41, 5.74) is -0.378. The molecule has 1 aliphatic carbocycles. The van der Waals surface area contributed by atoms with E-state index < -0.39 is 5.97 Å². The first-order valence-electron chi connectivity index (χ1n) is 4.89. The summed E-state index contributed by atoms with van der Waals surface area (Å²) in [7, 11) is 0. The standard InChI is InChI=1S/C9H16N2O2/c12-8(13)9(1-2-9)7-11-5-3-10-4-6-11/h10H,1-7H2,(H,12,13). The summed E-state index contributed by atoms with van der Waals surface area (Å²) in [6, 6.07) is 0. The van der Waals surface area contributed by atoms with Gasteiger partial charge in [0, 0.05) is 32.7 Å². The summed E-state index contributed by atoms with van der Waals surface area (Å²) < 4.78 is 0. The average molecular weight is 184 g/mol. The van der Waals surface area contributed by atoms with Gasteiger partial charge < -0.3 is 10.4 Å². The number of hydrogen-bond acceptors (Lipinski definition) is 3. The van der Waals surface area contributed by atoms with Gasteiger partial charge >= 0.3 is 5.97 Å². The zero-order valence-electron chi connectivity index (χ0n) is 7.75. The fourth-order valence-electron chi connectivity index (χ4n) is 1.89. The van der Waals surface area contributed by atoms with Gasteiger partial charge in [-0.25, -0.2) is 0 Å². The highest BCUT2D eigenvalue weighted by molar-refractivity contribution is 5.78. The van der Waals surface area contributed by atoms with Crippen LogP contribution in [0.4, 0.5) is 0 Å². The quantitative estimate of drug-likeness (QED) is 0.635. The SMILES string of the molecule is O=C(O)C1(CN2CCNCC2)CC1. The summed E-state index contributed by atoms with van der Waals surface area (Å²) in [5.74, 6) is -0.606. The Morgan fingerprint density at radius 2 is 2.00 bits per heavy atom. The van der Waals surface area contributed by atoms with Gasteiger partial charge in [0.1, 0.15) is 0 Å². The molecule has 2 aliphatic rings. The van der Waals surface area contributed by atoms with E-state index in [1.807, 2.05) is 0 Å². The number of nitrogens with zero attached hydrogens (tertiary/aromatic N) is 1. The third-order valence-corrected chi connectivity index (χ3v) is 3.04. The number of nitrogens with one attached hydrogen (secondary N) is 1. The molecule has 1 heterocycles. The maximum absolute atomic E-state index is 10.9. The van der Waals surface area contributed by atoms with Crippen LogP contribution in [0.1, 0.15) is 12.8 Å². The van der Waals surface area contributed by atoms with E-state index in [1.54, 1.807) is 0 Å². The molecule has 0 radical (unpaired) electrons. The summed E-state index contributed by atoms with van der Waals surface area (Å²) in [6.45, 7) is 4.74. The fraction of sp³-hybridized carbons (Fsp3) is 0.889. The van der Waals surface area contributed by atoms with Gasteiger partial charge in [0.15, 0.2) is 0 Å². The second-order valence-electron chi connectivity index (χ2n) is 4.11. The highest BCUT2D eigenvalue weighted by Gasteiger charge is 2.51. The molecule has 0 aromatic rings. The minimum absolute atomic E-state index is 0.378. The molecule has 13 heavy (non-hydrogen) atoms. The number of carbonyl (C=O) groups is 1. The van der Waals surface area contributed by atoms with Crippen LogP contribution in [0.2, 0.25) is 0 Å². The van der Waals surface area contributed by atoms with Crippen molar-refractivity contribution in [1.29, 1.82) is 0 Å². The maximum atomic E-state index is 10.9. The van der Waals surface area contributed by atoms with Crippen LogP contribution in [0, 0.1) is 5.41 Å². The number of rotatable bonds is 3. The molecule has 0 atom stereocenters. The van der Waals surface area contributed by atoms with E-state index in [0.717, 1.165) is 45.6 Å². The lowest BCUT2D eigenvalue weighted by Gasteiger charge is -2.29. The first kappa shape index (κ1) is 8.97. The third kappa shape index (κ3) is 1.84. The summed E-state index contributed by atoms with van der Waals surface area (Å²) in [6.07, 6.45) is 1.73. The molecule has 0 aromatic carbocycles. The van der Waals surface area contributed by atoms with Crippen molar-refractivity contribution in [3.63, 3.8) is 0 Å². The molecule has 2 rings (SSSR count). The Labute approximate surface area is 77.9 Å². The van der Waals surface area contributed by atoms with E-state index in [-0.39, 0.29) is 5.41 Å². The Morgan fingerprint density at radius 1 is 1.38 bits per heavy atom. The van der Waals surface area contributed by atoms with Gasteiger partial charge in [-0.15, -0.1) is 0 Å². The van der Waals surface area contributed by atoms with Crippen LogP contribution >= 0.6 is 0 Å². The van der Waals surface area contributed by atoms with Crippen molar-refractivity contribution in [2.75, 3.05) is 32.7 Å². The van der Waals surface area contributed by atoms with Crippen molar-refractivity contribution in [3.05, 3.63) is 0 Å². The molecule has 1 saturated heterocycles. The van der Waals surface area contributed by atoms with Crippen LogP contribution in [-0.4, -0.2) is 48.7 Å². The van der Waals surface area contributed by atoms with Gasteiger partial charge in [-0.05, 0) is 12.8 Å². The Bertz CT molecular complexity index is 208. The normalized spacial score (nSPS) is 27.1. The molecule has 1 aliphatic heterocycles. The van der Waals surface area contributed by atoms with Crippen molar-refractivity contribution in [1.82, 2.24) is 10.2 Å². The number of carboxylic acids is 1. The van der Waals surface area contributed by atoms with Crippen molar-refractivity contribution < 1.29 is 9.90 Å². The third-order valence-electron chi connectivity index (χ3n) is 3.04. The summed E-state index contributed by atoms with van der Waals surface area (Å²) in [5, 5.41) is 12.3. The number of carboxylic acid groups (broad SMARTS) is 1. The van der Waals surface area contributed by atoms with Gasteiger partial charge in [-0.1, -0.05) is 0 Å². The smallest absolute Gasteiger partial charge is 0.310 e. The molecule has 0 spiro atoms. The monoisotopic (exact) mass is 184 g/mol. The molecule has 2 fully saturated rings. The van der Waals surface area contributed by atoms with E-state index in [1.165, 1.54) is 0 Å². The molecule has 1 saturated carbocycles. The predicted octanol–water partition coefficient (Wildman–Crippen LogP) is -0.244. The molecule has 0 bridgehead atoms. The Balaban J connectivity index is 1.86. The van der Waals surface area contributed by atoms with Crippen LogP contribution < -0.4 is 5.32 Å². The largest absolute Gasteiger partial charge is 0.481 e. The number of aliphatic carboxylic acids is 1. The first-order chi connectivity index (χ1) is 6.23. The van der Waals surface area contributed by atoms with Gasteiger partial charge in [0.2, 0.25) is 0 Å². The zero-order chi connectivity index (χ0) is 9.31. The molecule has 0 unspecified atom stereocenters. The predicted molar refractivity (Wildman–Crippen MR) is 48.6 cm³/mol. The minimum atomic E-state index is -0.606. The van der Waals surface area contributed by atoms with E-state index in [2.05, 4.69) is 10.2 Å². The van der Waals surface area contributed by atoms with Crippen LogP contribution in [0.3, 0.4) is 0 Å². The van der Waals surface area contributed by atoms with Crippen LogP contribution in [0.25, 0.3) is 0 Å². The minimum Gasteiger partial charge on any atom is -0.481 e. The molecule has 4 nitrogen and oxygen atoms in total. The van der Waals surface area contributed by atoms with Gasteiger partial charge in [-0.3, -0.25) is 9.69 Å². The molecular weight excluding hydrogens is 168 g/mol. The highest BCUT2D eigenvalue weighted by Crippen LogP contribution is 2.46. The topological polar surface area (TPSA) is 52.6 Å². The highest BCUT2D eigenvalue weighted by atomic mass is 16.4. The van der Waals surface area contributed by atoms with Crippen molar-refractivity contribution in [2.24, 2.45) is 5.41 Å². The van der Waals surface area contributed by atoms with Gasteiger partial charge in [-0.2, -0.15) is 0 Å². The second kappa shape index (κ2) is 3.27. The Morgan fingerprint density at radius 3 is 2.46 bits per heavy atom.